The lowest BCUT2D eigenvalue weighted by molar-refractivity contribution is 0.239. The maximum atomic E-state index is 5.71. The Morgan fingerprint density at radius 2 is 1.75 bits per heavy atom. The predicted molar refractivity (Wildman–Crippen MR) is 85.1 cm³/mol. The number of nitrogens with zero attached hydrogens (tertiary/aromatic N) is 2. The Hall–Kier alpha value is -1.39. The van der Waals surface area contributed by atoms with E-state index in [1.807, 2.05) is 36.7 Å². The number of benzene rings is 1. The molecule has 0 saturated heterocycles. The van der Waals surface area contributed by atoms with E-state index in [0.717, 1.165) is 29.7 Å². The first-order chi connectivity index (χ1) is 9.74. The highest BCUT2D eigenvalue weighted by Crippen LogP contribution is 2.15. The number of hydrogen-bond acceptors (Lipinski definition) is 3. The molecule has 0 saturated carbocycles. The molecule has 0 amide bonds. The van der Waals surface area contributed by atoms with Gasteiger partial charge in [0.1, 0.15) is 12.4 Å². The highest BCUT2D eigenvalue weighted by Gasteiger charge is 2.00. The zero-order valence-electron chi connectivity index (χ0n) is 11.6. The molecule has 0 aliphatic heterocycles. The molecular formula is C16H19BrN2O. The van der Waals surface area contributed by atoms with Crippen LogP contribution in [-0.4, -0.2) is 36.6 Å². The summed E-state index contributed by atoms with van der Waals surface area (Å²) in [6, 6.07) is 12.0. The Morgan fingerprint density at radius 3 is 2.45 bits per heavy atom. The molecule has 0 unspecified atom stereocenters. The number of aromatic nitrogens is 1. The number of hydrogen-bond donors (Lipinski definition) is 0. The minimum atomic E-state index is 0.703. The smallest absolute Gasteiger partial charge is 0.119 e. The molecule has 2 rings (SSSR count). The Balaban J connectivity index is 1.65. The number of pyridine rings is 1. The molecule has 1 heterocycles. The van der Waals surface area contributed by atoms with E-state index in [1.54, 1.807) is 0 Å². The molecule has 0 aliphatic carbocycles. The van der Waals surface area contributed by atoms with Gasteiger partial charge in [-0.25, -0.2) is 0 Å². The van der Waals surface area contributed by atoms with E-state index in [1.165, 1.54) is 5.56 Å². The lowest BCUT2D eigenvalue weighted by Gasteiger charge is -2.16. The van der Waals surface area contributed by atoms with Gasteiger partial charge in [0.15, 0.2) is 0 Å². The van der Waals surface area contributed by atoms with Crippen LogP contribution in [0.3, 0.4) is 0 Å². The quantitative estimate of drug-likeness (QED) is 0.775. The van der Waals surface area contributed by atoms with Gasteiger partial charge in [0.25, 0.3) is 0 Å². The van der Waals surface area contributed by atoms with Gasteiger partial charge in [-0.1, -0.05) is 15.9 Å². The van der Waals surface area contributed by atoms with Crippen LogP contribution < -0.4 is 4.74 Å². The molecular weight excluding hydrogens is 316 g/mol. The van der Waals surface area contributed by atoms with E-state index in [-0.39, 0.29) is 0 Å². The Labute approximate surface area is 128 Å². The fraction of sp³-hybridized carbons (Fsp3) is 0.312. The number of likely N-dealkylation sites (N-methyl/N-ethyl adjacent to an activating group) is 1. The molecule has 1 aromatic heterocycles. The van der Waals surface area contributed by atoms with Gasteiger partial charge in [-0.15, -0.1) is 0 Å². The van der Waals surface area contributed by atoms with Crippen LogP contribution in [0, 0.1) is 0 Å². The average molecular weight is 335 g/mol. The first-order valence-corrected chi connectivity index (χ1v) is 7.49. The Bertz CT molecular complexity index is 502. The second-order valence-corrected chi connectivity index (χ2v) is 5.63. The summed E-state index contributed by atoms with van der Waals surface area (Å²) >= 11 is 3.41. The molecule has 0 aliphatic rings. The second-order valence-electron chi connectivity index (χ2n) is 4.71. The van der Waals surface area contributed by atoms with Crippen LogP contribution in [0.5, 0.6) is 5.75 Å². The summed E-state index contributed by atoms with van der Waals surface area (Å²) in [5.74, 6) is 0.913. The molecule has 106 valence electrons. The van der Waals surface area contributed by atoms with Crippen LogP contribution in [0.1, 0.15) is 5.56 Å². The van der Waals surface area contributed by atoms with E-state index in [2.05, 4.69) is 45.0 Å². The van der Waals surface area contributed by atoms with Crippen LogP contribution in [0.4, 0.5) is 0 Å². The molecule has 0 fully saturated rings. The maximum Gasteiger partial charge on any atom is 0.119 e. The highest BCUT2D eigenvalue weighted by molar-refractivity contribution is 9.10. The van der Waals surface area contributed by atoms with E-state index in [9.17, 15) is 0 Å². The average Bonchev–Trinajstić information content (AvgIpc) is 2.48. The van der Waals surface area contributed by atoms with Crippen molar-refractivity contribution in [1.82, 2.24) is 9.88 Å². The molecule has 0 bridgehead atoms. The van der Waals surface area contributed by atoms with Crippen LogP contribution in [-0.2, 0) is 6.42 Å². The summed E-state index contributed by atoms with van der Waals surface area (Å²) in [6.07, 6.45) is 4.72. The molecule has 2 aromatic rings. The van der Waals surface area contributed by atoms with E-state index in [4.69, 9.17) is 4.74 Å². The van der Waals surface area contributed by atoms with Crippen molar-refractivity contribution in [2.45, 2.75) is 6.42 Å². The maximum absolute atomic E-state index is 5.71. The molecule has 4 heteroatoms. The van der Waals surface area contributed by atoms with Gasteiger partial charge in [0.2, 0.25) is 0 Å². The largest absolute Gasteiger partial charge is 0.492 e. The molecule has 0 N–H and O–H groups in total. The van der Waals surface area contributed by atoms with Gasteiger partial charge in [-0.3, -0.25) is 4.98 Å². The minimum Gasteiger partial charge on any atom is -0.492 e. The summed E-state index contributed by atoms with van der Waals surface area (Å²) in [6.45, 7) is 2.64. The standard InChI is InChI=1S/C16H19BrN2O/c1-19(11-8-14-6-9-18-10-7-14)12-13-20-16-4-2-15(17)3-5-16/h2-7,9-10H,8,11-13H2,1H3. The molecule has 0 spiro atoms. The van der Waals surface area contributed by atoms with E-state index < -0.39 is 0 Å². The third-order valence-corrected chi connectivity index (χ3v) is 3.62. The summed E-state index contributed by atoms with van der Waals surface area (Å²) in [5.41, 5.74) is 1.32. The van der Waals surface area contributed by atoms with Gasteiger partial charge in [0, 0.05) is 30.0 Å². The Morgan fingerprint density at radius 1 is 1.05 bits per heavy atom. The van der Waals surface area contributed by atoms with Crippen molar-refractivity contribution in [2.24, 2.45) is 0 Å². The van der Waals surface area contributed by atoms with Crippen molar-refractivity contribution in [2.75, 3.05) is 26.7 Å². The van der Waals surface area contributed by atoms with Crippen molar-refractivity contribution in [3.63, 3.8) is 0 Å². The normalized spacial score (nSPS) is 10.8. The van der Waals surface area contributed by atoms with Crippen LogP contribution in [0.2, 0.25) is 0 Å². The molecule has 20 heavy (non-hydrogen) atoms. The van der Waals surface area contributed by atoms with Gasteiger partial charge in [0.05, 0.1) is 0 Å². The summed E-state index contributed by atoms with van der Waals surface area (Å²) in [4.78, 5) is 6.30. The van der Waals surface area contributed by atoms with Crippen molar-refractivity contribution in [3.8, 4) is 5.75 Å². The summed E-state index contributed by atoms with van der Waals surface area (Å²) in [7, 11) is 2.12. The summed E-state index contributed by atoms with van der Waals surface area (Å²) in [5, 5.41) is 0. The predicted octanol–water partition coefficient (Wildman–Crippen LogP) is 3.40. The van der Waals surface area contributed by atoms with Gasteiger partial charge >= 0.3 is 0 Å². The van der Waals surface area contributed by atoms with E-state index >= 15 is 0 Å². The zero-order chi connectivity index (χ0) is 14.2. The van der Waals surface area contributed by atoms with Crippen LogP contribution >= 0.6 is 15.9 Å². The van der Waals surface area contributed by atoms with Gasteiger partial charge < -0.3 is 9.64 Å². The fourth-order valence-electron chi connectivity index (χ4n) is 1.83. The number of ether oxygens (including phenoxy) is 1. The van der Waals surface area contributed by atoms with Gasteiger partial charge in [-0.05, 0) is 55.4 Å². The second kappa shape index (κ2) is 8.02. The van der Waals surface area contributed by atoms with Crippen molar-refractivity contribution in [3.05, 3.63) is 58.8 Å². The minimum absolute atomic E-state index is 0.703. The number of rotatable bonds is 7. The third kappa shape index (κ3) is 5.31. The first-order valence-electron chi connectivity index (χ1n) is 6.70. The van der Waals surface area contributed by atoms with Crippen molar-refractivity contribution >= 4 is 15.9 Å². The molecule has 0 atom stereocenters. The van der Waals surface area contributed by atoms with Crippen molar-refractivity contribution < 1.29 is 4.74 Å². The molecule has 0 radical (unpaired) electrons. The van der Waals surface area contributed by atoms with Crippen LogP contribution in [0.15, 0.2) is 53.3 Å². The number of halogens is 1. The SMILES string of the molecule is CN(CCOc1ccc(Br)cc1)CCc1ccncc1. The van der Waals surface area contributed by atoms with Crippen LogP contribution in [0.25, 0.3) is 0 Å². The molecule has 3 nitrogen and oxygen atoms in total. The van der Waals surface area contributed by atoms with Crippen molar-refractivity contribution in [1.29, 1.82) is 0 Å². The highest BCUT2D eigenvalue weighted by atomic mass is 79.9. The van der Waals surface area contributed by atoms with Gasteiger partial charge in [-0.2, -0.15) is 0 Å². The fourth-order valence-corrected chi connectivity index (χ4v) is 2.10. The summed E-state index contributed by atoms with van der Waals surface area (Å²) < 4.78 is 6.78. The zero-order valence-corrected chi connectivity index (χ0v) is 13.2. The third-order valence-electron chi connectivity index (χ3n) is 3.09. The van der Waals surface area contributed by atoms with E-state index in [0.29, 0.717) is 6.61 Å². The lowest BCUT2D eigenvalue weighted by atomic mass is 10.2. The lowest BCUT2D eigenvalue weighted by Crippen LogP contribution is -2.26. The Kier molecular flexibility index (Phi) is 6.02. The molecule has 1 aromatic carbocycles. The topological polar surface area (TPSA) is 25.4 Å². The first kappa shape index (κ1) is 15.0. The monoisotopic (exact) mass is 334 g/mol.